The van der Waals surface area contributed by atoms with Crippen LogP contribution in [0.5, 0.6) is 17.2 Å². The fourth-order valence-corrected chi connectivity index (χ4v) is 2.88. The Morgan fingerprint density at radius 1 is 1.14 bits per heavy atom. The summed E-state index contributed by atoms with van der Waals surface area (Å²) >= 11 is 0. The van der Waals surface area contributed by atoms with Gasteiger partial charge in [0, 0.05) is 36.8 Å². The average molecular weight is 377 g/mol. The van der Waals surface area contributed by atoms with Gasteiger partial charge in [-0.25, -0.2) is 0 Å². The fraction of sp³-hybridized carbons (Fsp3) is 0.190. The van der Waals surface area contributed by atoms with E-state index in [2.05, 4.69) is 15.3 Å². The van der Waals surface area contributed by atoms with Gasteiger partial charge in [-0.1, -0.05) is 6.07 Å². The molecule has 142 valence electrons. The zero-order chi connectivity index (χ0) is 19.3. The SMILES string of the molecule is C[C@@H](Oc1ccc2c(c1)OCO2)C(=O)NCc1cccnc1-c1ccncc1. The van der Waals surface area contributed by atoms with Crippen LogP contribution < -0.4 is 19.5 Å². The molecule has 0 spiro atoms. The van der Waals surface area contributed by atoms with Crippen LogP contribution >= 0.6 is 0 Å². The van der Waals surface area contributed by atoms with Crippen molar-refractivity contribution in [3.63, 3.8) is 0 Å². The molecule has 3 heterocycles. The van der Waals surface area contributed by atoms with Gasteiger partial charge in [-0.2, -0.15) is 0 Å². The van der Waals surface area contributed by atoms with E-state index in [-0.39, 0.29) is 12.7 Å². The molecule has 1 aromatic carbocycles. The van der Waals surface area contributed by atoms with Crippen LogP contribution in [0.4, 0.5) is 0 Å². The number of pyridine rings is 2. The van der Waals surface area contributed by atoms with E-state index in [1.807, 2.05) is 24.3 Å². The molecule has 0 aliphatic carbocycles. The number of rotatable bonds is 6. The topological polar surface area (TPSA) is 82.6 Å². The molecule has 0 fully saturated rings. The summed E-state index contributed by atoms with van der Waals surface area (Å²) in [6.45, 7) is 2.24. The average Bonchev–Trinajstić information content (AvgIpc) is 3.20. The van der Waals surface area contributed by atoms with Crippen LogP contribution in [0.15, 0.2) is 61.1 Å². The van der Waals surface area contributed by atoms with Crippen molar-refractivity contribution in [2.24, 2.45) is 0 Å². The van der Waals surface area contributed by atoms with E-state index in [9.17, 15) is 4.79 Å². The standard InChI is InChI=1S/C21H19N3O4/c1-14(28-17-4-5-18-19(11-17)27-13-26-18)21(25)24-12-16-3-2-8-23-20(16)15-6-9-22-10-7-15/h2-11,14H,12-13H2,1H3,(H,24,25)/t14-/m1/s1. The number of hydrogen-bond donors (Lipinski definition) is 1. The number of benzene rings is 1. The summed E-state index contributed by atoms with van der Waals surface area (Å²) in [5.74, 6) is 1.61. The van der Waals surface area contributed by atoms with Crippen LogP contribution in [0.1, 0.15) is 12.5 Å². The van der Waals surface area contributed by atoms with Gasteiger partial charge in [0.05, 0.1) is 5.69 Å². The molecule has 7 heteroatoms. The van der Waals surface area contributed by atoms with E-state index in [1.165, 1.54) is 0 Å². The summed E-state index contributed by atoms with van der Waals surface area (Å²) < 4.78 is 16.3. The zero-order valence-electron chi connectivity index (χ0n) is 15.3. The molecule has 0 saturated carbocycles. The Bertz CT molecular complexity index is 978. The van der Waals surface area contributed by atoms with E-state index >= 15 is 0 Å². The first kappa shape index (κ1) is 17.8. The van der Waals surface area contributed by atoms with Gasteiger partial charge >= 0.3 is 0 Å². The van der Waals surface area contributed by atoms with Crippen LogP contribution in [-0.4, -0.2) is 28.8 Å². The van der Waals surface area contributed by atoms with Crippen LogP contribution in [-0.2, 0) is 11.3 Å². The zero-order valence-corrected chi connectivity index (χ0v) is 15.3. The number of amides is 1. The molecule has 0 unspecified atom stereocenters. The predicted molar refractivity (Wildman–Crippen MR) is 102 cm³/mol. The first-order valence-electron chi connectivity index (χ1n) is 8.89. The van der Waals surface area contributed by atoms with Crippen molar-refractivity contribution in [3.05, 3.63) is 66.6 Å². The summed E-state index contributed by atoms with van der Waals surface area (Å²) in [5, 5.41) is 2.91. The van der Waals surface area contributed by atoms with Gasteiger partial charge in [0.15, 0.2) is 17.6 Å². The van der Waals surface area contributed by atoms with Gasteiger partial charge in [-0.15, -0.1) is 0 Å². The Morgan fingerprint density at radius 3 is 2.82 bits per heavy atom. The second-order valence-corrected chi connectivity index (χ2v) is 6.24. The Labute approximate surface area is 162 Å². The highest BCUT2D eigenvalue weighted by molar-refractivity contribution is 5.81. The monoisotopic (exact) mass is 377 g/mol. The second-order valence-electron chi connectivity index (χ2n) is 6.24. The van der Waals surface area contributed by atoms with E-state index in [0.29, 0.717) is 23.8 Å². The van der Waals surface area contributed by atoms with E-state index in [1.54, 1.807) is 43.7 Å². The summed E-state index contributed by atoms with van der Waals surface area (Å²) in [5.41, 5.74) is 2.68. The Balaban J connectivity index is 1.39. The van der Waals surface area contributed by atoms with Crippen molar-refractivity contribution in [3.8, 4) is 28.5 Å². The first-order chi connectivity index (χ1) is 13.7. The maximum absolute atomic E-state index is 12.5. The van der Waals surface area contributed by atoms with Crippen molar-refractivity contribution < 1.29 is 19.0 Å². The molecule has 1 aliphatic heterocycles. The lowest BCUT2D eigenvalue weighted by atomic mass is 10.1. The summed E-state index contributed by atoms with van der Waals surface area (Å²) in [6, 6.07) is 12.8. The van der Waals surface area contributed by atoms with E-state index in [4.69, 9.17) is 14.2 Å². The van der Waals surface area contributed by atoms with Crippen LogP contribution in [0.25, 0.3) is 11.3 Å². The maximum atomic E-state index is 12.5. The molecular weight excluding hydrogens is 358 g/mol. The van der Waals surface area contributed by atoms with Gasteiger partial charge < -0.3 is 19.5 Å². The number of aromatic nitrogens is 2. The number of ether oxygens (including phenoxy) is 3. The summed E-state index contributed by atoms with van der Waals surface area (Å²) in [6.07, 6.45) is 4.50. The van der Waals surface area contributed by atoms with Crippen LogP contribution in [0, 0.1) is 0 Å². The molecule has 0 bridgehead atoms. The van der Waals surface area contributed by atoms with Gasteiger partial charge in [-0.3, -0.25) is 14.8 Å². The molecule has 28 heavy (non-hydrogen) atoms. The molecular formula is C21H19N3O4. The van der Waals surface area contributed by atoms with Crippen LogP contribution in [0.3, 0.4) is 0 Å². The normalized spacial score (nSPS) is 13.0. The number of fused-ring (bicyclic) bond motifs is 1. The molecule has 1 N–H and O–H groups in total. The Morgan fingerprint density at radius 2 is 1.96 bits per heavy atom. The van der Waals surface area contributed by atoms with Crippen molar-refractivity contribution in [1.82, 2.24) is 15.3 Å². The number of carbonyl (C=O) groups excluding carboxylic acids is 1. The van der Waals surface area contributed by atoms with Gasteiger partial charge in [-0.05, 0) is 42.8 Å². The quantitative estimate of drug-likeness (QED) is 0.711. The molecule has 1 aliphatic rings. The van der Waals surface area contributed by atoms with E-state index in [0.717, 1.165) is 16.8 Å². The largest absolute Gasteiger partial charge is 0.481 e. The van der Waals surface area contributed by atoms with Crippen molar-refractivity contribution in [2.45, 2.75) is 19.6 Å². The highest BCUT2D eigenvalue weighted by Crippen LogP contribution is 2.35. The molecule has 3 aromatic rings. The van der Waals surface area contributed by atoms with Gasteiger partial charge in [0.25, 0.3) is 5.91 Å². The summed E-state index contributed by atoms with van der Waals surface area (Å²) in [7, 11) is 0. The molecule has 7 nitrogen and oxygen atoms in total. The number of nitrogens with zero attached hydrogens (tertiary/aromatic N) is 2. The molecule has 0 saturated heterocycles. The van der Waals surface area contributed by atoms with Gasteiger partial charge in [0.1, 0.15) is 5.75 Å². The summed E-state index contributed by atoms with van der Waals surface area (Å²) in [4.78, 5) is 20.9. The molecule has 1 amide bonds. The lowest BCUT2D eigenvalue weighted by molar-refractivity contribution is -0.127. The van der Waals surface area contributed by atoms with Gasteiger partial charge in [0.2, 0.25) is 6.79 Å². The maximum Gasteiger partial charge on any atom is 0.261 e. The number of hydrogen-bond acceptors (Lipinski definition) is 6. The minimum atomic E-state index is -0.665. The minimum Gasteiger partial charge on any atom is -0.481 e. The Hall–Kier alpha value is -3.61. The molecule has 1 atom stereocenters. The number of carbonyl (C=O) groups is 1. The number of nitrogens with one attached hydrogen (secondary N) is 1. The molecule has 4 rings (SSSR count). The third kappa shape index (κ3) is 3.88. The fourth-order valence-electron chi connectivity index (χ4n) is 2.88. The smallest absolute Gasteiger partial charge is 0.261 e. The van der Waals surface area contributed by atoms with Crippen molar-refractivity contribution in [2.75, 3.05) is 6.79 Å². The van der Waals surface area contributed by atoms with Crippen molar-refractivity contribution >= 4 is 5.91 Å². The highest BCUT2D eigenvalue weighted by atomic mass is 16.7. The van der Waals surface area contributed by atoms with Crippen molar-refractivity contribution in [1.29, 1.82) is 0 Å². The molecule has 0 radical (unpaired) electrons. The Kier molecular flexibility index (Phi) is 5.05. The third-order valence-electron chi connectivity index (χ3n) is 4.32. The first-order valence-corrected chi connectivity index (χ1v) is 8.89. The third-order valence-corrected chi connectivity index (χ3v) is 4.32. The molecule has 2 aromatic heterocycles. The second kappa shape index (κ2) is 7.96. The lowest BCUT2D eigenvalue weighted by Gasteiger charge is -2.16. The highest BCUT2D eigenvalue weighted by Gasteiger charge is 2.18. The lowest BCUT2D eigenvalue weighted by Crippen LogP contribution is -2.36. The minimum absolute atomic E-state index is 0.194. The van der Waals surface area contributed by atoms with E-state index < -0.39 is 6.10 Å². The van der Waals surface area contributed by atoms with Crippen LogP contribution in [0.2, 0.25) is 0 Å². The predicted octanol–water partition coefficient (Wildman–Crippen LogP) is 2.96.